The molecule has 10 heavy (non-hydrogen) atoms. The van der Waals surface area contributed by atoms with Gasteiger partial charge >= 0.3 is 0 Å². The smallest absolute Gasteiger partial charge is 0.0409 e. The molecule has 61 valence electrons. The Morgan fingerprint density at radius 2 is 1.20 bits per heavy atom. The minimum absolute atomic E-state index is 0.667. The molecule has 0 nitrogen and oxygen atoms in total. The fraction of sp³-hybridized carbons (Fsp3) is 0.900. The Morgan fingerprint density at radius 1 is 0.900 bits per heavy atom. The van der Waals surface area contributed by atoms with Crippen LogP contribution in [0, 0.1) is 24.7 Å². The summed E-state index contributed by atoms with van der Waals surface area (Å²) in [4.78, 5) is 0. The molecule has 0 fully saturated rings. The van der Waals surface area contributed by atoms with Crippen molar-refractivity contribution in [3.63, 3.8) is 0 Å². The lowest BCUT2D eigenvalue weighted by atomic mass is 9.91. The number of hydrogen-bond donors (Lipinski definition) is 0. The maximum Gasteiger partial charge on any atom is -0.0409 e. The van der Waals surface area contributed by atoms with Crippen molar-refractivity contribution in [2.45, 2.75) is 40.5 Å². The molecule has 0 aliphatic heterocycles. The van der Waals surface area contributed by atoms with Gasteiger partial charge in [0.1, 0.15) is 0 Å². The molecule has 0 aromatic carbocycles. The van der Waals surface area contributed by atoms with Gasteiger partial charge in [-0.15, -0.1) is 0 Å². The highest BCUT2D eigenvalue weighted by atomic mass is 14.1. The highest BCUT2D eigenvalue weighted by Crippen LogP contribution is 2.18. The second-order valence-electron chi connectivity index (χ2n) is 4.13. The van der Waals surface area contributed by atoms with E-state index in [0.29, 0.717) is 5.92 Å². The predicted molar refractivity (Wildman–Crippen MR) is 47.8 cm³/mol. The zero-order valence-electron chi connectivity index (χ0n) is 7.85. The normalized spacial score (nSPS) is 12.0. The van der Waals surface area contributed by atoms with Crippen LogP contribution in [0.5, 0.6) is 0 Å². The maximum absolute atomic E-state index is 4.12. The Morgan fingerprint density at radius 3 is 1.40 bits per heavy atom. The first-order chi connectivity index (χ1) is 4.52. The molecule has 0 aromatic rings. The zero-order valence-corrected chi connectivity index (χ0v) is 7.85. The van der Waals surface area contributed by atoms with E-state index < -0.39 is 0 Å². The van der Waals surface area contributed by atoms with Gasteiger partial charge in [-0.1, -0.05) is 34.6 Å². The van der Waals surface area contributed by atoms with Gasteiger partial charge in [0.05, 0.1) is 0 Å². The van der Waals surface area contributed by atoms with E-state index in [1.807, 2.05) is 0 Å². The average Bonchev–Trinajstić information content (AvgIpc) is 1.58. The first-order valence-electron chi connectivity index (χ1n) is 4.35. The molecule has 0 N–H and O–H groups in total. The van der Waals surface area contributed by atoms with Crippen LogP contribution in [0.4, 0.5) is 0 Å². The molecule has 0 aliphatic rings. The van der Waals surface area contributed by atoms with E-state index in [0.717, 1.165) is 11.8 Å². The second kappa shape index (κ2) is 4.76. The summed E-state index contributed by atoms with van der Waals surface area (Å²) in [5, 5.41) is 0. The fourth-order valence-corrected chi connectivity index (χ4v) is 1.43. The van der Waals surface area contributed by atoms with Crippen LogP contribution in [0.2, 0.25) is 0 Å². The molecule has 0 aromatic heterocycles. The lowest BCUT2D eigenvalue weighted by molar-refractivity contribution is 0.398. The molecule has 0 saturated carbocycles. The van der Waals surface area contributed by atoms with E-state index in [1.165, 1.54) is 12.8 Å². The Hall–Kier alpha value is 0. The monoisotopic (exact) mass is 141 g/mol. The van der Waals surface area contributed by atoms with Crippen molar-refractivity contribution >= 4 is 0 Å². The third-order valence-corrected chi connectivity index (χ3v) is 1.61. The molecule has 0 unspecified atom stereocenters. The summed E-state index contributed by atoms with van der Waals surface area (Å²) in [7, 11) is 0. The van der Waals surface area contributed by atoms with Crippen LogP contribution in [0.3, 0.4) is 0 Å². The summed E-state index contributed by atoms with van der Waals surface area (Å²) in [5.74, 6) is 2.28. The van der Waals surface area contributed by atoms with Gasteiger partial charge in [0, 0.05) is 0 Å². The Kier molecular flexibility index (Phi) is 4.76. The summed E-state index contributed by atoms with van der Waals surface area (Å²) >= 11 is 0. The van der Waals surface area contributed by atoms with Gasteiger partial charge in [-0.25, -0.2) is 0 Å². The lowest BCUT2D eigenvalue weighted by Crippen LogP contribution is -2.03. The average molecular weight is 141 g/mol. The standard InChI is InChI=1S/C10H21/c1-8(2)6-10(5)7-9(3)4/h8-10H,5-7H2,1-4H3. The zero-order chi connectivity index (χ0) is 8.15. The minimum Gasteiger partial charge on any atom is -0.0628 e. The van der Waals surface area contributed by atoms with Crippen LogP contribution in [0.1, 0.15) is 40.5 Å². The second-order valence-corrected chi connectivity index (χ2v) is 4.13. The highest BCUT2D eigenvalue weighted by molar-refractivity contribution is 4.64. The Labute approximate surface area is 66.0 Å². The molecule has 0 heterocycles. The third kappa shape index (κ3) is 6.12. The first-order valence-corrected chi connectivity index (χ1v) is 4.35. The van der Waals surface area contributed by atoms with Crippen LogP contribution in [-0.4, -0.2) is 0 Å². The molecular weight excluding hydrogens is 120 g/mol. The van der Waals surface area contributed by atoms with Crippen molar-refractivity contribution in [1.29, 1.82) is 0 Å². The first kappa shape index (κ1) is 10.0. The largest absolute Gasteiger partial charge is 0.0628 e. The molecular formula is C10H21. The molecule has 0 atom stereocenters. The molecule has 0 spiro atoms. The van der Waals surface area contributed by atoms with Crippen LogP contribution >= 0.6 is 0 Å². The predicted octanol–water partition coefficient (Wildman–Crippen LogP) is 3.53. The summed E-state index contributed by atoms with van der Waals surface area (Å²) in [6.07, 6.45) is 2.55. The molecule has 0 heteroatoms. The minimum atomic E-state index is 0.667. The molecule has 0 aliphatic carbocycles. The van der Waals surface area contributed by atoms with Crippen molar-refractivity contribution < 1.29 is 0 Å². The van der Waals surface area contributed by atoms with E-state index in [9.17, 15) is 0 Å². The highest BCUT2D eigenvalue weighted by Gasteiger charge is 2.06. The van der Waals surface area contributed by atoms with E-state index in [4.69, 9.17) is 0 Å². The quantitative estimate of drug-likeness (QED) is 0.562. The molecule has 0 saturated heterocycles. The summed E-state index contributed by atoms with van der Waals surface area (Å²) < 4.78 is 0. The van der Waals surface area contributed by atoms with Gasteiger partial charge in [-0.05, 0) is 30.6 Å². The van der Waals surface area contributed by atoms with Gasteiger partial charge in [-0.3, -0.25) is 0 Å². The van der Waals surface area contributed by atoms with Crippen LogP contribution in [-0.2, 0) is 0 Å². The topological polar surface area (TPSA) is 0 Å². The maximum atomic E-state index is 4.12. The number of hydrogen-bond acceptors (Lipinski definition) is 0. The van der Waals surface area contributed by atoms with Crippen molar-refractivity contribution in [3.8, 4) is 0 Å². The van der Waals surface area contributed by atoms with Gasteiger partial charge in [0.2, 0.25) is 0 Å². The van der Waals surface area contributed by atoms with Crippen LogP contribution in [0.15, 0.2) is 0 Å². The summed E-state index contributed by atoms with van der Waals surface area (Å²) in [6, 6.07) is 0. The Bertz CT molecular complexity index is 62.1. The van der Waals surface area contributed by atoms with E-state index in [1.54, 1.807) is 0 Å². The van der Waals surface area contributed by atoms with E-state index in [2.05, 4.69) is 34.6 Å². The summed E-state index contributed by atoms with van der Waals surface area (Å²) in [5.41, 5.74) is 0. The SMILES string of the molecule is [CH2]C(CC(C)C)CC(C)C. The van der Waals surface area contributed by atoms with Crippen molar-refractivity contribution in [2.75, 3.05) is 0 Å². The van der Waals surface area contributed by atoms with Crippen LogP contribution in [0.25, 0.3) is 0 Å². The molecule has 1 radical (unpaired) electrons. The van der Waals surface area contributed by atoms with Gasteiger partial charge in [-0.2, -0.15) is 0 Å². The Balaban J connectivity index is 3.34. The number of rotatable bonds is 4. The van der Waals surface area contributed by atoms with Crippen molar-refractivity contribution in [2.24, 2.45) is 17.8 Å². The molecule has 0 amide bonds. The summed E-state index contributed by atoms with van der Waals surface area (Å²) in [6.45, 7) is 13.2. The fourth-order valence-electron chi connectivity index (χ4n) is 1.43. The van der Waals surface area contributed by atoms with Gasteiger partial charge < -0.3 is 0 Å². The van der Waals surface area contributed by atoms with E-state index in [-0.39, 0.29) is 0 Å². The van der Waals surface area contributed by atoms with E-state index >= 15 is 0 Å². The van der Waals surface area contributed by atoms with Gasteiger partial charge in [0.25, 0.3) is 0 Å². The molecule has 0 bridgehead atoms. The lowest BCUT2D eigenvalue weighted by Gasteiger charge is -2.15. The van der Waals surface area contributed by atoms with Crippen molar-refractivity contribution in [1.82, 2.24) is 0 Å². The van der Waals surface area contributed by atoms with Gasteiger partial charge in [0.15, 0.2) is 0 Å². The van der Waals surface area contributed by atoms with Crippen LogP contribution < -0.4 is 0 Å². The molecule has 0 rings (SSSR count). The van der Waals surface area contributed by atoms with Crippen molar-refractivity contribution in [3.05, 3.63) is 6.92 Å². The third-order valence-electron chi connectivity index (χ3n) is 1.61.